The van der Waals surface area contributed by atoms with Crippen LogP contribution in [0.4, 0.5) is 0 Å². The van der Waals surface area contributed by atoms with E-state index in [0.29, 0.717) is 6.42 Å². The Kier molecular flexibility index (Phi) is 5.44. The van der Waals surface area contributed by atoms with E-state index in [1.807, 2.05) is 20.8 Å². The van der Waals surface area contributed by atoms with Crippen molar-refractivity contribution >= 4 is 11.9 Å². The van der Waals surface area contributed by atoms with Gasteiger partial charge in [0, 0.05) is 6.54 Å². The van der Waals surface area contributed by atoms with Gasteiger partial charge in [0.05, 0.1) is 12.0 Å². The number of hydrogen-bond acceptors (Lipinski definition) is 3. The summed E-state index contributed by atoms with van der Waals surface area (Å²) >= 11 is 0. The zero-order chi connectivity index (χ0) is 12.9. The third-order valence-electron chi connectivity index (χ3n) is 2.14. The Bertz CT molecular complexity index is 256. The van der Waals surface area contributed by atoms with Crippen molar-refractivity contribution < 1.29 is 14.7 Å². The molecule has 0 radical (unpaired) electrons. The van der Waals surface area contributed by atoms with Gasteiger partial charge in [-0.25, -0.2) is 0 Å². The fraction of sp³-hybridized carbons (Fsp3) is 0.818. The van der Waals surface area contributed by atoms with E-state index in [1.54, 1.807) is 6.92 Å². The van der Waals surface area contributed by atoms with E-state index in [-0.39, 0.29) is 17.9 Å². The molecule has 16 heavy (non-hydrogen) atoms. The van der Waals surface area contributed by atoms with Crippen LogP contribution in [0.25, 0.3) is 0 Å². The molecule has 4 N–H and O–H groups in total. The first kappa shape index (κ1) is 14.9. The minimum Gasteiger partial charge on any atom is -0.481 e. The number of carbonyl (C=O) groups excluding carboxylic acids is 1. The Hall–Kier alpha value is -1.10. The molecule has 0 spiro atoms. The van der Waals surface area contributed by atoms with Crippen LogP contribution in [0.2, 0.25) is 0 Å². The Morgan fingerprint density at radius 1 is 1.38 bits per heavy atom. The first-order valence-corrected chi connectivity index (χ1v) is 5.39. The van der Waals surface area contributed by atoms with E-state index in [1.165, 1.54) is 0 Å². The van der Waals surface area contributed by atoms with E-state index in [9.17, 15) is 9.59 Å². The van der Waals surface area contributed by atoms with E-state index in [0.717, 1.165) is 0 Å². The number of rotatable bonds is 5. The number of nitrogens with two attached hydrogens (primary N) is 1. The lowest BCUT2D eigenvalue weighted by Gasteiger charge is -2.23. The van der Waals surface area contributed by atoms with Crippen molar-refractivity contribution in [2.45, 2.75) is 40.2 Å². The SMILES string of the molecule is C[C@@H](N)C(=O)NCC(CC(C)(C)C)C(=O)O. The number of nitrogens with one attached hydrogen (secondary N) is 1. The van der Waals surface area contributed by atoms with Crippen molar-refractivity contribution in [3.8, 4) is 0 Å². The summed E-state index contributed by atoms with van der Waals surface area (Å²) in [7, 11) is 0. The lowest BCUT2D eigenvalue weighted by Crippen LogP contribution is -2.42. The highest BCUT2D eigenvalue weighted by Gasteiger charge is 2.25. The highest BCUT2D eigenvalue weighted by molar-refractivity contribution is 5.81. The van der Waals surface area contributed by atoms with Crippen LogP contribution in [0, 0.1) is 11.3 Å². The fourth-order valence-corrected chi connectivity index (χ4v) is 1.37. The van der Waals surface area contributed by atoms with Crippen molar-refractivity contribution in [3.05, 3.63) is 0 Å². The zero-order valence-electron chi connectivity index (χ0n) is 10.4. The molecule has 1 amide bonds. The van der Waals surface area contributed by atoms with Crippen molar-refractivity contribution in [2.24, 2.45) is 17.1 Å². The van der Waals surface area contributed by atoms with Crippen LogP contribution in [0.3, 0.4) is 0 Å². The van der Waals surface area contributed by atoms with Crippen molar-refractivity contribution in [2.75, 3.05) is 6.54 Å². The third-order valence-corrected chi connectivity index (χ3v) is 2.14. The molecule has 0 bridgehead atoms. The topological polar surface area (TPSA) is 92.4 Å². The van der Waals surface area contributed by atoms with Crippen LogP contribution in [-0.2, 0) is 9.59 Å². The summed E-state index contributed by atoms with van der Waals surface area (Å²) in [5.41, 5.74) is 5.28. The summed E-state index contributed by atoms with van der Waals surface area (Å²) in [6, 6.07) is -0.607. The maximum atomic E-state index is 11.2. The van der Waals surface area contributed by atoms with Crippen LogP contribution < -0.4 is 11.1 Å². The number of hydrogen-bond donors (Lipinski definition) is 3. The van der Waals surface area contributed by atoms with Crippen LogP contribution in [0.5, 0.6) is 0 Å². The Labute approximate surface area is 96.4 Å². The molecular formula is C11H22N2O3. The second-order valence-electron chi connectivity index (χ2n) is 5.33. The lowest BCUT2D eigenvalue weighted by atomic mass is 9.84. The summed E-state index contributed by atoms with van der Waals surface area (Å²) in [6.45, 7) is 7.60. The van der Waals surface area contributed by atoms with E-state index < -0.39 is 17.9 Å². The van der Waals surface area contributed by atoms with E-state index >= 15 is 0 Å². The van der Waals surface area contributed by atoms with Gasteiger partial charge < -0.3 is 16.2 Å². The largest absolute Gasteiger partial charge is 0.481 e. The van der Waals surface area contributed by atoms with Crippen molar-refractivity contribution in [3.63, 3.8) is 0 Å². The Morgan fingerprint density at radius 3 is 2.19 bits per heavy atom. The number of carbonyl (C=O) groups is 2. The van der Waals surface area contributed by atoms with E-state index in [4.69, 9.17) is 10.8 Å². The minimum atomic E-state index is -0.889. The molecule has 0 saturated carbocycles. The number of carboxylic acids is 1. The minimum absolute atomic E-state index is 0.0812. The van der Waals surface area contributed by atoms with Gasteiger partial charge in [0.1, 0.15) is 0 Å². The molecule has 0 aromatic carbocycles. The maximum Gasteiger partial charge on any atom is 0.308 e. The van der Waals surface area contributed by atoms with Gasteiger partial charge in [0.2, 0.25) is 5.91 Å². The first-order chi connectivity index (χ1) is 7.13. The van der Waals surface area contributed by atoms with Gasteiger partial charge in [-0.2, -0.15) is 0 Å². The van der Waals surface area contributed by atoms with E-state index in [2.05, 4.69) is 5.32 Å². The fourth-order valence-electron chi connectivity index (χ4n) is 1.37. The molecule has 0 aromatic rings. The molecule has 94 valence electrons. The summed E-state index contributed by atoms with van der Waals surface area (Å²) < 4.78 is 0. The average molecular weight is 230 g/mol. The number of carboxylic acid groups (broad SMARTS) is 1. The second kappa shape index (κ2) is 5.84. The molecule has 0 saturated heterocycles. The zero-order valence-corrected chi connectivity index (χ0v) is 10.4. The van der Waals surface area contributed by atoms with Crippen LogP contribution in [-0.4, -0.2) is 29.6 Å². The molecule has 5 heteroatoms. The third kappa shape index (κ3) is 6.40. The monoisotopic (exact) mass is 230 g/mol. The summed E-state index contributed by atoms with van der Waals surface area (Å²) in [6.07, 6.45) is 0.515. The molecular weight excluding hydrogens is 208 g/mol. The Morgan fingerprint density at radius 2 is 1.88 bits per heavy atom. The van der Waals surface area contributed by atoms with Gasteiger partial charge >= 0.3 is 5.97 Å². The van der Waals surface area contributed by atoms with Gasteiger partial charge in [-0.15, -0.1) is 0 Å². The quantitative estimate of drug-likeness (QED) is 0.644. The number of aliphatic carboxylic acids is 1. The highest BCUT2D eigenvalue weighted by Crippen LogP contribution is 2.24. The predicted molar refractivity (Wildman–Crippen MR) is 61.9 cm³/mol. The van der Waals surface area contributed by atoms with Gasteiger partial charge in [-0.05, 0) is 18.8 Å². The molecule has 0 aliphatic carbocycles. The molecule has 5 nitrogen and oxygen atoms in total. The highest BCUT2D eigenvalue weighted by atomic mass is 16.4. The molecule has 1 unspecified atom stereocenters. The van der Waals surface area contributed by atoms with Crippen LogP contribution >= 0.6 is 0 Å². The maximum absolute atomic E-state index is 11.2. The van der Waals surface area contributed by atoms with Gasteiger partial charge in [-0.3, -0.25) is 9.59 Å². The van der Waals surface area contributed by atoms with Crippen molar-refractivity contribution in [1.29, 1.82) is 0 Å². The molecule has 0 heterocycles. The molecule has 0 aliphatic rings. The molecule has 2 atom stereocenters. The predicted octanol–water partition coefficient (Wildman–Crippen LogP) is 0.587. The second-order valence-corrected chi connectivity index (χ2v) is 5.33. The molecule has 0 aromatic heterocycles. The standard InChI is InChI=1S/C11H22N2O3/c1-7(12)9(14)13-6-8(10(15)16)5-11(2,3)4/h7-8H,5-6,12H2,1-4H3,(H,13,14)(H,15,16)/t7-,8?/m1/s1. The van der Waals surface area contributed by atoms with Gasteiger partial charge in [-0.1, -0.05) is 20.8 Å². The summed E-state index contributed by atoms with van der Waals surface area (Å²) in [5.74, 6) is -1.78. The lowest BCUT2D eigenvalue weighted by molar-refractivity contribution is -0.142. The van der Waals surface area contributed by atoms with Gasteiger partial charge in [0.25, 0.3) is 0 Å². The van der Waals surface area contributed by atoms with Crippen molar-refractivity contribution in [1.82, 2.24) is 5.32 Å². The molecule has 0 aliphatic heterocycles. The summed E-state index contributed by atoms with van der Waals surface area (Å²) in [5, 5.41) is 11.5. The normalized spacial score (nSPS) is 15.3. The summed E-state index contributed by atoms with van der Waals surface area (Å²) in [4.78, 5) is 22.2. The Balaban J connectivity index is 4.26. The smallest absolute Gasteiger partial charge is 0.308 e. The molecule has 0 fully saturated rings. The number of amides is 1. The first-order valence-electron chi connectivity index (χ1n) is 5.39. The molecule has 0 rings (SSSR count). The van der Waals surface area contributed by atoms with Crippen LogP contribution in [0.15, 0.2) is 0 Å². The van der Waals surface area contributed by atoms with Crippen LogP contribution in [0.1, 0.15) is 34.1 Å². The average Bonchev–Trinajstić information content (AvgIpc) is 2.09. The van der Waals surface area contributed by atoms with Gasteiger partial charge in [0.15, 0.2) is 0 Å².